The van der Waals surface area contributed by atoms with E-state index in [1.165, 1.54) is 6.07 Å². The van der Waals surface area contributed by atoms with Crippen molar-refractivity contribution in [2.75, 3.05) is 11.9 Å². The van der Waals surface area contributed by atoms with Gasteiger partial charge in [-0.3, -0.25) is 4.79 Å². The van der Waals surface area contributed by atoms with Gasteiger partial charge in [-0.25, -0.2) is 4.39 Å². The highest BCUT2D eigenvalue weighted by atomic mass is 35.5. The number of benzene rings is 2. The minimum atomic E-state index is -0.447. The van der Waals surface area contributed by atoms with E-state index in [1.54, 1.807) is 24.3 Å². The van der Waals surface area contributed by atoms with Crippen LogP contribution >= 0.6 is 11.6 Å². The van der Waals surface area contributed by atoms with E-state index in [0.717, 1.165) is 11.1 Å². The molecule has 0 aliphatic rings. The topological polar surface area (TPSA) is 55.1 Å². The Morgan fingerprint density at radius 1 is 1.16 bits per heavy atom. The lowest BCUT2D eigenvalue weighted by atomic mass is 10.1. The van der Waals surface area contributed by atoms with Crippen molar-refractivity contribution < 1.29 is 9.18 Å². The molecule has 0 heterocycles. The van der Waals surface area contributed by atoms with Crippen LogP contribution in [0.5, 0.6) is 0 Å². The van der Waals surface area contributed by atoms with Gasteiger partial charge in [-0.1, -0.05) is 29.8 Å². The van der Waals surface area contributed by atoms with Gasteiger partial charge in [-0.2, -0.15) is 0 Å². The molecule has 0 aliphatic carbocycles. The van der Waals surface area contributed by atoms with E-state index in [9.17, 15) is 9.18 Å². The van der Waals surface area contributed by atoms with Gasteiger partial charge in [0.25, 0.3) is 0 Å². The molecule has 2 aromatic carbocycles. The average molecular weight is 279 g/mol. The maximum absolute atomic E-state index is 13.1. The molecule has 0 unspecified atom stereocenters. The number of nitrogens with two attached hydrogens (primary N) is 1. The Labute approximate surface area is 115 Å². The van der Waals surface area contributed by atoms with Crippen molar-refractivity contribution in [2.45, 2.75) is 0 Å². The second kappa shape index (κ2) is 5.82. The first-order valence-corrected chi connectivity index (χ1v) is 6.03. The second-order valence-corrected chi connectivity index (χ2v) is 4.37. The minimum absolute atomic E-state index is 0.0602. The third-order valence-corrected chi connectivity index (χ3v) is 2.90. The number of carbonyl (C=O) groups excluding carboxylic acids is 1. The van der Waals surface area contributed by atoms with Crippen molar-refractivity contribution in [3.05, 3.63) is 53.3 Å². The summed E-state index contributed by atoms with van der Waals surface area (Å²) >= 11 is 5.74. The van der Waals surface area contributed by atoms with E-state index in [-0.39, 0.29) is 17.5 Å². The van der Waals surface area contributed by atoms with E-state index in [2.05, 4.69) is 5.32 Å². The van der Waals surface area contributed by atoms with E-state index < -0.39 is 5.82 Å². The molecule has 3 N–H and O–H groups in total. The fourth-order valence-electron chi connectivity index (χ4n) is 1.63. The van der Waals surface area contributed by atoms with Crippen LogP contribution in [-0.4, -0.2) is 12.5 Å². The first-order chi connectivity index (χ1) is 9.10. The molecule has 0 bridgehead atoms. The van der Waals surface area contributed by atoms with Gasteiger partial charge in [0, 0.05) is 5.69 Å². The van der Waals surface area contributed by atoms with Crippen LogP contribution in [0, 0.1) is 5.82 Å². The molecule has 0 aliphatic heterocycles. The molecule has 0 saturated heterocycles. The van der Waals surface area contributed by atoms with Crippen LogP contribution in [0.1, 0.15) is 0 Å². The van der Waals surface area contributed by atoms with Gasteiger partial charge >= 0.3 is 0 Å². The van der Waals surface area contributed by atoms with Crippen molar-refractivity contribution in [3.63, 3.8) is 0 Å². The van der Waals surface area contributed by atoms with Gasteiger partial charge in [0.15, 0.2) is 0 Å². The summed E-state index contributed by atoms with van der Waals surface area (Å²) in [5, 5.41) is 2.72. The summed E-state index contributed by atoms with van der Waals surface area (Å²) < 4.78 is 13.1. The van der Waals surface area contributed by atoms with Crippen LogP contribution < -0.4 is 11.1 Å². The van der Waals surface area contributed by atoms with Crippen LogP contribution in [0.3, 0.4) is 0 Å². The second-order valence-electron chi connectivity index (χ2n) is 3.96. The molecular formula is C14H12ClFN2O. The predicted molar refractivity (Wildman–Crippen MR) is 74.5 cm³/mol. The number of hydrogen-bond acceptors (Lipinski definition) is 2. The molecular weight excluding hydrogens is 267 g/mol. The molecule has 1 amide bonds. The van der Waals surface area contributed by atoms with Crippen molar-refractivity contribution in [1.29, 1.82) is 0 Å². The molecule has 5 heteroatoms. The predicted octanol–water partition coefficient (Wildman–Crippen LogP) is 3.04. The number of hydrogen-bond donors (Lipinski definition) is 2. The maximum atomic E-state index is 13.1. The Morgan fingerprint density at radius 3 is 2.37 bits per heavy atom. The fourth-order valence-corrected chi connectivity index (χ4v) is 1.81. The summed E-state index contributed by atoms with van der Waals surface area (Å²) in [6, 6.07) is 11.7. The highest BCUT2D eigenvalue weighted by molar-refractivity contribution is 6.31. The number of amides is 1. The Morgan fingerprint density at radius 2 is 1.79 bits per heavy atom. The third-order valence-electron chi connectivity index (χ3n) is 2.61. The van der Waals surface area contributed by atoms with Crippen molar-refractivity contribution in [3.8, 4) is 11.1 Å². The maximum Gasteiger partial charge on any atom is 0.238 e. The van der Waals surface area contributed by atoms with Crippen LogP contribution in [0.15, 0.2) is 42.5 Å². The normalized spacial score (nSPS) is 10.3. The molecule has 0 atom stereocenters. The summed E-state index contributed by atoms with van der Waals surface area (Å²) in [6.07, 6.45) is 0. The van der Waals surface area contributed by atoms with Gasteiger partial charge in [0.1, 0.15) is 5.82 Å². The molecule has 98 valence electrons. The van der Waals surface area contributed by atoms with Crippen molar-refractivity contribution in [1.82, 2.24) is 0 Å². The zero-order chi connectivity index (χ0) is 13.8. The molecule has 2 rings (SSSR count). The molecule has 19 heavy (non-hydrogen) atoms. The molecule has 2 aromatic rings. The smallest absolute Gasteiger partial charge is 0.238 e. The molecule has 3 nitrogen and oxygen atoms in total. The lowest BCUT2D eigenvalue weighted by molar-refractivity contribution is -0.114. The molecule has 0 fully saturated rings. The van der Waals surface area contributed by atoms with E-state index in [4.69, 9.17) is 17.3 Å². The standard InChI is InChI=1S/C14H12ClFN2O/c15-12-7-10(3-6-13(12)16)9-1-4-11(5-2-9)18-14(19)8-17/h1-7H,8,17H2,(H,18,19). The number of halogens is 2. The largest absolute Gasteiger partial charge is 0.325 e. The van der Waals surface area contributed by atoms with Gasteiger partial charge in [-0.15, -0.1) is 0 Å². The Balaban J connectivity index is 2.22. The zero-order valence-electron chi connectivity index (χ0n) is 9.99. The highest BCUT2D eigenvalue weighted by Crippen LogP contribution is 2.25. The summed E-state index contributed by atoms with van der Waals surface area (Å²) in [5.74, 6) is -0.699. The summed E-state index contributed by atoms with van der Waals surface area (Å²) in [4.78, 5) is 11.1. The summed E-state index contributed by atoms with van der Waals surface area (Å²) in [5.41, 5.74) is 7.56. The Hall–Kier alpha value is -1.91. The first-order valence-electron chi connectivity index (χ1n) is 5.65. The first kappa shape index (κ1) is 13.5. The van der Waals surface area contributed by atoms with Gasteiger partial charge in [0.2, 0.25) is 5.91 Å². The van der Waals surface area contributed by atoms with E-state index in [0.29, 0.717) is 5.69 Å². The van der Waals surface area contributed by atoms with Crippen LogP contribution in [-0.2, 0) is 4.79 Å². The third kappa shape index (κ3) is 3.30. The van der Waals surface area contributed by atoms with Gasteiger partial charge in [0.05, 0.1) is 11.6 Å². The minimum Gasteiger partial charge on any atom is -0.325 e. The van der Waals surface area contributed by atoms with Gasteiger partial charge < -0.3 is 11.1 Å². The molecule has 0 aromatic heterocycles. The monoisotopic (exact) mass is 278 g/mol. The zero-order valence-corrected chi connectivity index (χ0v) is 10.7. The Kier molecular flexibility index (Phi) is 4.14. The number of rotatable bonds is 3. The number of nitrogens with one attached hydrogen (secondary N) is 1. The van der Waals surface area contributed by atoms with Crippen molar-refractivity contribution in [2.24, 2.45) is 5.73 Å². The molecule has 0 saturated carbocycles. The molecule has 0 radical (unpaired) electrons. The van der Waals surface area contributed by atoms with E-state index in [1.807, 2.05) is 12.1 Å². The van der Waals surface area contributed by atoms with Crippen LogP contribution in [0.4, 0.5) is 10.1 Å². The highest BCUT2D eigenvalue weighted by Gasteiger charge is 2.04. The van der Waals surface area contributed by atoms with Crippen molar-refractivity contribution >= 4 is 23.2 Å². The van der Waals surface area contributed by atoms with Crippen LogP contribution in [0.25, 0.3) is 11.1 Å². The lowest BCUT2D eigenvalue weighted by Crippen LogP contribution is -2.21. The summed E-state index contributed by atoms with van der Waals surface area (Å²) in [7, 11) is 0. The Bertz CT molecular complexity index is 599. The SMILES string of the molecule is NCC(=O)Nc1ccc(-c2ccc(F)c(Cl)c2)cc1. The van der Waals surface area contributed by atoms with Crippen LogP contribution in [0.2, 0.25) is 5.02 Å². The average Bonchev–Trinajstić information content (AvgIpc) is 2.42. The van der Waals surface area contributed by atoms with E-state index >= 15 is 0 Å². The quantitative estimate of drug-likeness (QED) is 0.907. The summed E-state index contributed by atoms with van der Waals surface area (Å²) in [6.45, 7) is -0.0602. The lowest BCUT2D eigenvalue weighted by Gasteiger charge is -2.06. The number of carbonyl (C=O) groups is 1. The number of anilines is 1. The fraction of sp³-hybridized carbons (Fsp3) is 0.0714. The van der Waals surface area contributed by atoms with Gasteiger partial charge in [-0.05, 0) is 35.4 Å². The molecule has 0 spiro atoms.